The third kappa shape index (κ3) is 2.80. The fraction of sp³-hybridized carbons (Fsp3) is 0.235. The van der Waals surface area contributed by atoms with Crippen LogP contribution in [-0.2, 0) is 4.79 Å². The van der Waals surface area contributed by atoms with Crippen LogP contribution in [0.3, 0.4) is 0 Å². The Morgan fingerprint density at radius 1 is 1.46 bits per heavy atom. The van der Waals surface area contributed by atoms with E-state index in [0.29, 0.717) is 22.7 Å². The maximum absolute atomic E-state index is 12.6. The lowest BCUT2D eigenvalue weighted by molar-refractivity contribution is -0.120. The highest BCUT2D eigenvalue weighted by Crippen LogP contribution is 2.39. The summed E-state index contributed by atoms with van der Waals surface area (Å²) in [5.41, 5.74) is -0.132. The van der Waals surface area contributed by atoms with Gasteiger partial charge >= 0.3 is 11.1 Å². The van der Waals surface area contributed by atoms with Crippen LogP contribution in [0, 0.1) is 5.92 Å². The van der Waals surface area contributed by atoms with Gasteiger partial charge < -0.3 is 9.40 Å². The molecule has 2 atom stereocenters. The number of carbonyl (C=O) groups excluding carboxylic acids is 1. The minimum atomic E-state index is -0.697. The van der Waals surface area contributed by atoms with E-state index in [1.54, 1.807) is 36.9 Å². The second-order valence-electron chi connectivity index (χ2n) is 6.06. The highest BCUT2D eigenvalue weighted by atomic mass is 79.9. The Kier molecular flexibility index (Phi) is 4.28. The summed E-state index contributed by atoms with van der Waals surface area (Å²) in [5, 5.41) is 2.69. The predicted molar refractivity (Wildman–Crippen MR) is 103 cm³/mol. The van der Waals surface area contributed by atoms with Crippen molar-refractivity contribution in [3.63, 3.8) is 0 Å². The normalized spacial score (nSPS) is 17.2. The number of amides is 1. The number of nitrogens with zero attached hydrogens (tertiary/aromatic N) is 1. The van der Waals surface area contributed by atoms with Crippen LogP contribution >= 0.6 is 27.7 Å². The van der Waals surface area contributed by atoms with Gasteiger partial charge in [-0.25, -0.2) is 0 Å². The van der Waals surface area contributed by atoms with E-state index in [1.165, 1.54) is 10.8 Å². The van der Waals surface area contributed by atoms with E-state index in [1.807, 2.05) is 6.07 Å². The predicted octanol–water partition coefficient (Wildman–Crippen LogP) is 2.97. The largest absolute Gasteiger partial charge is 0.449 e. The lowest BCUT2D eigenvalue weighted by atomic mass is 10.0. The van der Waals surface area contributed by atoms with Crippen molar-refractivity contribution in [2.75, 3.05) is 11.1 Å². The number of benzene rings is 1. The van der Waals surface area contributed by atoms with Gasteiger partial charge in [-0.1, -0.05) is 22.9 Å². The van der Waals surface area contributed by atoms with Gasteiger partial charge in [0.1, 0.15) is 0 Å². The molecule has 2 N–H and O–H groups in total. The van der Waals surface area contributed by atoms with Crippen LogP contribution in [0.2, 0.25) is 0 Å². The number of H-pyrrole nitrogens is 1. The van der Waals surface area contributed by atoms with Gasteiger partial charge in [0.15, 0.2) is 5.88 Å². The molecule has 0 fully saturated rings. The topological polar surface area (TPSA) is 97.1 Å². The first kappa shape index (κ1) is 17.2. The van der Waals surface area contributed by atoms with Crippen LogP contribution in [0.15, 0.2) is 53.9 Å². The Balaban J connectivity index is 1.81. The number of halogens is 1. The van der Waals surface area contributed by atoms with Crippen LogP contribution in [0.25, 0.3) is 11.0 Å². The minimum Gasteiger partial charge on any atom is -0.449 e. The average molecular weight is 436 g/mol. The molecule has 1 aliphatic heterocycles. The fourth-order valence-corrected chi connectivity index (χ4v) is 5.06. The summed E-state index contributed by atoms with van der Waals surface area (Å²) in [6.07, 6.45) is 1.47. The van der Waals surface area contributed by atoms with Gasteiger partial charge in [0.2, 0.25) is 5.91 Å². The van der Waals surface area contributed by atoms with Gasteiger partial charge in [0.25, 0.3) is 0 Å². The molecule has 0 spiro atoms. The molecule has 0 saturated heterocycles. The summed E-state index contributed by atoms with van der Waals surface area (Å²) in [7, 11) is 0. The zero-order valence-electron chi connectivity index (χ0n) is 13.6. The van der Waals surface area contributed by atoms with Gasteiger partial charge in [0, 0.05) is 21.2 Å². The molecule has 134 valence electrons. The zero-order chi connectivity index (χ0) is 18.4. The summed E-state index contributed by atoms with van der Waals surface area (Å²) < 4.78 is 7.42. The van der Waals surface area contributed by atoms with Crippen LogP contribution in [0.5, 0.6) is 0 Å². The van der Waals surface area contributed by atoms with Gasteiger partial charge in [0.05, 0.1) is 29.3 Å². The number of nitrogens with one attached hydrogen (secondary N) is 2. The lowest BCUT2D eigenvalue weighted by Gasteiger charge is -2.30. The number of thioether (sulfide) groups is 1. The second-order valence-corrected chi connectivity index (χ2v) is 8.04. The van der Waals surface area contributed by atoms with Gasteiger partial charge in [-0.3, -0.25) is 24.3 Å². The van der Waals surface area contributed by atoms with E-state index >= 15 is 0 Å². The molecule has 0 bridgehead atoms. The molecule has 0 radical (unpaired) electrons. The SMILES string of the molecule is CC(C(=O)Nc1ccco1)C1CSc2cc(Br)cc3[nH]c(=O)c(=O)n1c23. The van der Waals surface area contributed by atoms with E-state index in [0.717, 1.165) is 9.37 Å². The van der Waals surface area contributed by atoms with E-state index in [2.05, 4.69) is 26.2 Å². The molecule has 3 aromatic rings. The van der Waals surface area contributed by atoms with Gasteiger partial charge in [-0.2, -0.15) is 0 Å². The molecule has 1 amide bonds. The molecule has 4 rings (SSSR count). The van der Waals surface area contributed by atoms with Crippen molar-refractivity contribution in [2.24, 2.45) is 5.92 Å². The van der Waals surface area contributed by atoms with E-state index in [9.17, 15) is 14.4 Å². The summed E-state index contributed by atoms with van der Waals surface area (Å²) in [6.45, 7) is 1.74. The first-order valence-corrected chi connectivity index (χ1v) is 9.69. The number of aromatic nitrogens is 2. The summed E-state index contributed by atoms with van der Waals surface area (Å²) >= 11 is 4.98. The number of carbonyl (C=O) groups is 1. The smallest absolute Gasteiger partial charge is 0.317 e. The Morgan fingerprint density at radius 2 is 2.27 bits per heavy atom. The Hall–Kier alpha value is -2.26. The molecule has 1 aromatic carbocycles. The lowest BCUT2D eigenvalue weighted by Crippen LogP contribution is -2.44. The third-order valence-electron chi connectivity index (χ3n) is 4.44. The quantitative estimate of drug-likeness (QED) is 0.616. The summed E-state index contributed by atoms with van der Waals surface area (Å²) in [5.74, 6) is 0.0471. The molecule has 3 heterocycles. The highest BCUT2D eigenvalue weighted by Gasteiger charge is 2.32. The molecule has 2 unspecified atom stereocenters. The molecule has 2 aromatic heterocycles. The molecule has 0 saturated carbocycles. The molecule has 9 heteroatoms. The van der Waals surface area contributed by atoms with Crippen LogP contribution in [0.4, 0.5) is 5.88 Å². The van der Waals surface area contributed by atoms with Crippen LogP contribution in [0.1, 0.15) is 13.0 Å². The Bertz CT molecular complexity index is 1120. The maximum atomic E-state index is 12.6. The fourth-order valence-electron chi connectivity index (χ4n) is 3.11. The summed E-state index contributed by atoms with van der Waals surface area (Å²) in [6, 6.07) is 6.54. The number of rotatable bonds is 3. The number of anilines is 1. The molecule has 26 heavy (non-hydrogen) atoms. The first-order valence-electron chi connectivity index (χ1n) is 7.91. The molecule has 1 aliphatic rings. The Morgan fingerprint density at radius 3 is 3.00 bits per heavy atom. The molecular weight excluding hydrogens is 422 g/mol. The number of furan rings is 1. The zero-order valence-corrected chi connectivity index (χ0v) is 16.0. The first-order chi connectivity index (χ1) is 12.5. The Labute approximate surface area is 159 Å². The van der Waals surface area contributed by atoms with Crippen molar-refractivity contribution in [3.05, 3.63) is 55.7 Å². The number of hydrogen-bond acceptors (Lipinski definition) is 5. The van der Waals surface area contributed by atoms with E-state index < -0.39 is 23.1 Å². The number of hydrogen-bond donors (Lipinski definition) is 2. The van der Waals surface area contributed by atoms with Crippen molar-refractivity contribution in [1.29, 1.82) is 0 Å². The maximum Gasteiger partial charge on any atom is 0.317 e. The monoisotopic (exact) mass is 435 g/mol. The van der Waals surface area contributed by atoms with E-state index in [4.69, 9.17) is 4.42 Å². The van der Waals surface area contributed by atoms with Crippen molar-refractivity contribution in [3.8, 4) is 0 Å². The van der Waals surface area contributed by atoms with E-state index in [-0.39, 0.29) is 5.91 Å². The molecular formula is C17H14BrN3O4S. The van der Waals surface area contributed by atoms with Gasteiger partial charge in [-0.15, -0.1) is 11.8 Å². The molecule has 7 nitrogen and oxygen atoms in total. The average Bonchev–Trinajstić information content (AvgIpc) is 3.11. The third-order valence-corrected chi connectivity index (χ3v) is 6.03. The van der Waals surface area contributed by atoms with Crippen molar-refractivity contribution < 1.29 is 9.21 Å². The number of aromatic amines is 1. The van der Waals surface area contributed by atoms with Crippen LogP contribution < -0.4 is 16.4 Å². The van der Waals surface area contributed by atoms with Crippen molar-refractivity contribution in [2.45, 2.75) is 17.9 Å². The highest BCUT2D eigenvalue weighted by molar-refractivity contribution is 9.10. The molecule has 0 aliphatic carbocycles. The summed E-state index contributed by atoms with van der Waals surface area (Å²) in [4.78, 5) is 40.8. The van der Waals surface area contributed by atoms with Gasteiger partial charge in [-0.05, 0) is 18.2 Å². The van der Waals surface area contributed by atoms with Crippen LogP contribution in [-0.4, -0.2) is 21.2 Å². The van der Waals surface area contributed by atoms with Crippen molar-refractivity contribution in [1.82, 2.24) is 9.55 Å². The second kappa shape index (κ2) is 6.48. The standard InChI is InChI=1S/C17H14BrN3O4S/c1-8(15(22)20-13-3-2-4-25-13)11-7-26-12-6-9(18)5-10-14(12)21(11)17(24)16(23)19-10/h2-6,8,11H,7H2,1H3,(H,19,23)(H,20,22). The van der Waals surface area contributed by atoms with Crippen molar-refractivity contribution >= 4 is 50.5 Å². The minimum absolute atomic E-state index is 0.272.